The van der Waals surface area contributed by atoms with E-state index in [2.05, 4.69) is 34.7 Å². The van der Waals surface area contributed by atoms with Gasteiger partial charge in [0.05, 0.1) is 13.2 Å². The molecule has 0 atom stereocenters. The fraction of sp³-hybridized carbons (Fsp3) is 0.350. The van der Waals surface area contributed by atoms with Gasteiger partial charge < -0.3 is 20.1 Å². The molecule has 0 unspecified atom stereocenters. The Kier molecular flexibility index (Phi) is 7.79. The Labute approximate surface area is 150 Å². The molecule has 0 spiro atoms. The van der Waals surface area contributed by atoms with E-state index in [-0.39, 0.29) is 0 Å². The zero-order valence-corrected chi connectivity index (χ0v) is 15.2. The highest BCUT2D eigenvalue weighted by Gasteiger charge is 2.03. The fourth-order valence-corrected chi connectivity index (χ4v) is 2.40. The zero-order chi connectivity index (χ0) is 17.9. The molecule has 0 bridgehead atoms. The predicted octanol–water partition coefficient (Wildman–Crippen LogP) is 2.89. The van der Waals surface area contributed by atoms with Crippen molar-refractivity contribution in [1.82, 2.24) is 10.6 Å². The van der Waals surface area contributed by atoms with Crippen molar-refractivity contribution in [2.45, 2.75) is 20.1 Å². The second-order valence-electron chi connectivity index (χ2n) is 5.72. The number of hydrogen-bond donors (Lipinski definition) is 2. The number of benzene rings is 2. The summed E-state index contributed by atoms with van der Waals surface area (Å²) in [4.78, 5) is 4.24. The van der Waals surface area contributed by atoms with Crippen LogP contribution in [0.1, 0.15) is 16.7 Å². The van der Waals surface area contributed by atoms with Gasteiger partial charge in [-0.05, 0) is 30.2 Å². The third-order valence-electron chi connectivity index (χ3n) is 3.77. The molecule has 5 nitrogen and oxygen atoms in total. The third kappa shape index (κ3) is 6.47. The number of rotatable bonds is 8. The first-order chi connectivity index (χ1) is 12.2. The third-order valence-corrected chi connectivity index (χ3v) is 3.77. The van der Waals surface area contributed by atoms with Crippen molar-refractivity contribution < 1.29 is 9.47 Å². The summed E-state index contributed by atoms with van der Waals surface area (Å²) in [5, 5.41) is 6.57. The van der Waals surface area contributed by atoms with Crippen LogP contribution in [0.5, 0.6) is 5.75 Å². The summed E-state index contributed by atoms with van der Waals surface area (Å²) < 4.78 is 10.9. The van der Waals surface area contributed by atoms with Crippen LogP contribution in [-0.2, 0) is 17.9 Å². The van der Waals surface area contributed by atoms with E-state index in [4.69, 9.17) is 9.47 Å². The van der Waals surface area contributed by atoms with Gasteiger partial charge in [0.2, 0.25) is 0 Å². The minimum absolute atomic E-state index is 0.573. The minimum atomic E-state index is 0.573. The van der Waals surface area contributed by atoms with Gasteiger partial charge in [-0.3, -0.25) is 4.99 Å². The topological polar surface area (TPSA) is 54.9 Å². The van der Waals surface area contributed by atoms with Crippen LogP contribution in [0, 0.1) is 6.92 Å². The first kappa shape index (κ1) is 18.8. The van der Waals surface area contributed by atoms with E-state index in [0.29, 0.717) is 26.3 Å². The van der Waals surface area contributed by atoms with E-state index in [0.717, 1.165) is 11.7 Å². The van der Waals surface area contributed by atoms with Crippen LogP contribution in [0.25, 0.3) is 0 Å². The van der Waals surface area contributed by atoms with Gasteiger partial charge in [0.25, 0.3) is 0 Å². The average molecular weight is 341 g/mol. The van der Waals surface area contributed by atoms with Crippen molar-refractivity contribution in [2.24, 2.45) is 4.99 Å². The Balaban J connectivity index is 1.74. The van der Waals surface area contributed by atoms with Gasteiger partial charge in [0, 0.05) is 20.7 Å². The molecule has 0 heterocycles. The maximum Gasteiger partial charge on any atom is 0.191 e. The molecular formula is C20H27N3O2. The van der Waals surface area contributed by atoms with Crippen molar-refractivity contribution >= 4 is 5.96 Å². The van der Waals surface area contributed by atoms with Crippen molar-refractivity contribution in [3.8, 4) is 5.75 Å². The van der Waals surface area contributed by atoms with Gasteiger partial charge in [-0.15, -0.1) is 0 Å². The van der Waals surface area contributed by atoms with E-state index in [1.165, 1.54) is 16.7 Å². The number of methoxy groups -OCH3 is 1. The van der Waals surface area contributed by atoms with E-state index >= 15 is 0 Å². The Hall–Kier alpha value is -2.53. The summed E-state index contributed by atoms with van der Waals surface area (Å²) >= 11 is 0. The van der Waals surface area contributed by atoms with Crippen molar-refractivity contribution in [3.63, 3.8) is 0 Å². The second kappa shape index (κ2) is 10.4. The lowest BCUT2D eigenvalue weighted by Gasteiger charge is -2.14. The smallest absolute Gasteiger partial charge is 0.191 e. The number of aryl methyl sites for hydroxylation is 1. The molecule has 2 aromatic carbocycles. The molecule has 5 heteroatoms. The lowest BCUT2D eigenvalue weighted by atomic mass is 10.1. The van der Waals surface area contributed by atoms with Crippen LogP contribution >= 0.6 is 0 Å². The maximum absolute atomic E-state index is 5.71. The number of hydrogen-bond acceptors (Lipinski definition) is 3. The molecule has 134 valence electrons. The highest BCUT2D eigenvalue weighted by atomic mass is 16.5. The number of aliphatic imine (C=N–C) groups is 1. The lowest BCUT2D eigenvalue weighted by Crippen LogP contribution is -2.39. The summed E-state index contributed by atoms with van der Waals surface area (Å²) in [6.45, 7) is 4.61. The second-order valence-corrected chi connectivity index (χ2v) is 5.72. The Bertz CT molecular complexity index is 669. The van der Waals surface area contributed by atoms with E-state index < -0.39 is 0 Å². The molecule has 2 N–H and O–H groups in total. The zero-order valence-electron chi connectivity index (χ0n) is 15.2. The minimum Gasteiger partial charge on any atom is -0.492 e. The van der Waals surface area contributed by atoms with Crippen LogP contribution in [0.2, 0.25) is 0 Å². The monoisotopic (exact) mass is 341 g/mol. The highest BCUT2D eigenvalue weighted by Crippen LogP contribution is 2.11. The van der Waals surface area contributed by atoms with E-state index in [1.54, 1.807) is 14.2 Å². The van der Waals surface area contributed by atoms with Crippen LogP contribution in [0.4, 0.5) is 0 Å². The molecule has 2 aromatic rings. The van der Waals surface area contributed by atoms with Crippen LogP contribution < -0.4 is 15.4 Å². The largest absolute Gasteiger partial charge is 0.492 e. The molecule has 0 aliphatic rings. The van der Waals surface area contributed by atoms with Gasteiger partial charge in [0.15, 0.2) is 5.96 Å². The summed E-state index contributed by atoms with van der Waals surface area (Å²) in [7, 11) is 3.47. The van der Waals surface area contributed by atoms with Crippen LogP contribution in [-0.4, -0.2) is 33.3 Å². The van der Waals surface area contributed by atoms with Gasteiger partial charge >= 0.3 is 0 Å². The molecule has 0 aliphatic carbocycles. The number of nitrogens with one attached hydrogen (secondary N) is 2. The van der Waals surface area contributed by atoms with Crippen LogP contribution in [0.3, 0.4) is 0 Å². The Morgan fingerprint density at radius 2 is 1.72 bits per heavy atom. The maximum atomic E-state index is 5.71. The van der Waals surface area contributed by atoms with Crippen molar-refractivity contribution in [2.75, 3.05) is 27.3 Å². The highest BCUT2D eigenvalue weighted by molar-refractivity contribution is 5.79. The van der Waals surface area contributed by atoms with Gasteiger partial charge in [0.1, 0.15) is 12.4 Å². The number of nitrogens with zero attached hydrogens (tertiary/aromatic N) is 1. The Morgan fingerprint density at radius 1 is 1.00 bits per heavy atom. The molecule has 0 aromatic heterocycles. The van der Waals surface area contributed by atoms with Crippen molar-refractivity contribution in [1.29, 1.82) is 0 Å². The molecule has 0 fully saturated rings. The van der Waals surface area contributed by atoms with E-state index in [9.17, 15) is 0 Å². The summed E-state index contributed by atoms with van der Waals surface area (Å²) in [5.74, 6) is 1.63. The SMILES string of the molecule is CN=C(NCCOc1ccc(C)cc1)NCc1ccccc1COC. The molecule has 2 rings (SSSR count). The molecule has 0 aliphatic heterocycles. The van der Waals surface area contributed by atoms with Gasteiger partial charge in [-0.2, -0.15) is 0 Å². The summed E-state index contributed by atoms with van der Waals surface area (Å²) in [5.41, 5.74) is 3.60. The molecule has 0 saturated carbocycles. The quantitative estimate of drug-likeness (QED) is 0.440. The predicted molar refractivity (Wildman–Crippen MR) is 102 cm³/mol. The van der Waals surface area contributed by atoms with Crippen molar-refractivity contribution in [3.05, 3.63) is 65.2 Å². The molecule has 0 radical (unpaired) electrons. The van der Waals surface area contributed by atoms with Gasteiger partial charge in [-0.1, -0.05) is 42.0 Å². The van der Waals surface area contributed by atoms with E-state index in [1.807, 2.05) is 36.4 Å². The fourth-order valence-electron chi connectivity index (χ4n) is 2.40. The molecule has 0 amide bonds. The summed E-state index contributed by atoms with van der Waals surface area (Å²) in [6, 6.07) is 16.3. The lowest BCUT2D eigenvalue weighted by molar-refractivity contribution is 0.184. The molecule has 25 heavy (non-hydrogen) atoms. The first-order valence-corrected chi connectivity index (χ1v) is 8.42. The first-order valence-electron chi connectivity index (χ1n) is 8.42. The Morgan fingerprint density at radius 3 is 2.40 bits per heavy atom. The average Bonchev–Trinajstić information content (AvgIpc) is 2.64. The molecule has 0 saturated heterocycles. The normalized spacial score (nSPS) is 11.2. The molecular weight excluding hydrogens is 314 g/mol. The van der Waals surface area contributed by atoms with Crippen LogP contribution in [0.15, 0.2) is 53.5 Å². The van der Waals surface area contributed by atoms with Gasteiger partial charge in [-0.25, -0.2) is 0 Å². The summed E-state index contributed by atoms with van der Waals surface area (Å²) in [6.07, 6.45) is 0. The standard InChI is InChI=1S/C20H27N3O2/c1-16-8-10-19(11-9-16)25-13-12-22-20(21-2)23-14-17-6-4-5-7-18(17)15-24-3/h4-11H,12-15H2,1-3H3,(H2,21,22,23). The number of ether oxygens (including phenoxy) is 2. The number of guanidine groups is 1.